The van der Waals surface area contributed by atoms with Gasteiger partial charge in [-0.15, -0.1) is 0 Å². The average molecular weight is 297 g/mol. The number of likely N-dealkylation sites (tertiary alicyclic amines) is 1. The predicted octanol–water partition coefficient (Wildman–Crippen LogP) is 1.92. The highest BCUT2D eigenvalue weighted by Crippen LogP contribution is 2.27. The highest BCUT2D eigenvalue weighted by atomic mass is 16.5. The van der Waals surface area contributed by atoms with Crippen molar-refractivity contribution in [2.24, 2.45) is 0 Å². The number of aliphatic carboxylic acids is 1. The molecule has 1 fully saturated rings. The Morgan fingerprint density at radius 1 is 1.29 bits per heavy atom. The number of carbonyl (C=O) groups excluding carboxylic acids is 1. The summed E-state index contributed by atoms with van der Waals surface area (Å²) in [5.74, 6) is -1.25. The van der Waals surface area contributed by atoms with Gasteiger partial charge in [-0.2, -0.15) is 0 Å². The van der Waals surface area contributed by atoms with Gasteiger partial charge in [-0.25, -0.2) is 9.59 Å². The first kappa shape index (κ1) is 17.1. The van der Waals surface area contributed by atoms with Gasteiger partial charge in [0.1, 0.15) is 17.7 Å². The first-order valence-corrected chi connectivity index (χ1v) is 6.75. The predicted molar refractivity (Wildman–Crippen MR) is 77.4 cm³/mol. The second-order valence-corrected chi connectivity index (χ2v) is 6.16. The summed E-state index contributed by atoms with van der Waals surface area (Å²) in [4.78, 5) is 24.4. The molecule has 0 aromatic heterocycles. The van der Waals surface area contributed by atoms with Crippen molar-refractivity contribution in [3.8, 4) is 0 Å². The lowest BCUT2D eigenvalue weighted by molar-refractivity contribution is -0.145. The number of carboxylic acids is 1. The Hall–Kier alpha value is -1.98. The summed E-state index contributed by atoms with van der Waals surface area (Å²) in [7, 11) is 0. The molecule has 1 saturated heterocycles. The van der Waals surface area contributed by atoms with Gasteiger partial charge in [0, 0.05) is 12.0 Å². The van der Waals surface area contributed by atoms with Crippen LogP contribution < -0.4 is 0 Å². The summed E-state index contributed by atoms with van der Waals surface area (Å²) in [6.45, 7) is 14.6. The Morgan fingerprint density at radius 2 is 1.86 bits per heavy atom. The van der Waals surface area contributed by atoms with Gasteiger partial charge >= 0.3 is 11.9 Å². The standard InChI is InChI=1S/C15H23NO5/c1-9(2)14(19)20-11-7-12(13(17)18)16(8-11)10(3)21-15(4,5)6/h11-12H,1,3,7-8H2,2,4-6H3,(H,17,18)/t11-,12+/m1/s1. The smallest absolute Gasteiger partial charge is 0.333 e. The van der Waals surface area contributed by atoms with Crippen molar-refractivity contribution < 1.29 is 24.2 Å². The molecule has 0 unspecified atom stereocenters. The fourth-order valence-electron chi connectivity index (χ4n) is 2.06. The highest BCUT2D eigenvalue weighted by Gasteiger charge is 2.40. The Labute approximate surface area is 125 Å². The lowest BCUT2D eigenvalue weighted by Crippen LogP contribution is -2.38. The van der Waals surface area contributed by atoms with Gasteiger partial charge in [0.25, 0.3) is 0 Å². The van der Waals surface area contributed by atoms with Crippen LogP contribution in [0.3, 0.4) is 0 Å². The van der Waals surface area contributed by atoms with Crippen LogP contribution in [0.4, 0.5) is 0 Å². The molecule has 6 nitrogen and oxygen atoms in total. The van der Waals surface area contributed by atoms with Gasteiger partial charge in [0.15, 0.2) is 5.88 Å². The molecule has 0 saturated carbocycles. The van der Waals surface area contributed by atoms with Crippen LogP contribution in [0.2, 0.25) is 0 Å². The Balaban J connectivity index is 2.78. The normalized spacial score (nSPS) is 21.8. The SMILES string of the molecule is C=C(C)C(=O)O[C@@H]1C[C@@H](C(=O)O)N(C(=C)OC(C)(C)C)C1. The van der Waals surface area contributed by atoms with E-state index in [4.69, 9.17) is 9.47 Å². The third kappa shape index (κ3) is 4.81. The van der Waals surface area contributed by atoms with E-state index in [1.54, 1.807) is 6.92 Å². The molecule has 1 aliphatic rings. The van der Waals surface area contributed by atoms with E-state index < -0.39 is 29.7 Å². The number of hydrogen-bond donors (Lipinski definition) is 1. The zero-order valence-electron chi connectivity index (χ0n) is 13.0. The van der Waals surface area contributed by atoms with Crippen LogP contribution in [-0.4, -0.2) is 46.2 Å². The third-order valence-electron chi connectivity index (χ3n) is 2.91. The number of rotatable bonds is 5. The molecule has 0 aliphatic carbocycles. The molecular formula is C15H23NO5. The molecule has 0 aromatic carbocycles. The van der Waals surface area contributed by atoms with E-state index in [2.05, 4.69) is 13.2 Å². The zero-order valence-corrected chi connectivity index (χ0v) is 13.0. The van der Waals surface area contributed by atoms with Crippen molar-refractivity contribution in [2.45, 2.75) is 51.9 Å². The van der Waals surface area contributed by atoms with Gasteiger partial charge < -0.3 is 19.5 Å². The molecule has 1 heterocycles. The number of nitrogens with zero attached hydrogens (tertiary/aromatic N) is 1. The van der Waals surface area contributed by atoms with Crippen molar-refractivity contribution in [1.82, 2.24) is 4.90 Å². The number of ether oxygens (including phenoxy) is 2. The minimum Gasteiger partial charge on any atom is -0.480 e. The maximum absolute atomic E-state index is 11.5. The fraction of sp³-hybridized carbons (Fsp3) is 0.600. The minimum absolute atomic E-state index is 0.195. The first-order chi connectivity index (χ1) is 9.51. The maximum Gasteiger partial charge on any atom is 0.333 e. The third-order valence-corrected chi connectivity index (χ3v) is 2.91. The zero-order chi connectivity index (χ0) is 16.4. The van der Waals surface area contributed by atoms with Crippen LogP contribution >= 0.6 is 0 Å². The van der Waals surface area contributed by atoms with Crippen molar-refractivity contribution >= 4 is 11.9 Å². The van der Waals surface area contributed by atoms with E-state index in [0.717, 1.165) is 0 Å². The molecular weight excluding hydrogens is 274 g/mol. The van der Waals surface area contributed by atoms with Crippen LogP contribution in [0.1, 0.15) is 34.1 Å². The maximum atomic E-state index is 11.5. The molecule has 0 radical (unpaired) electrons. The lowest BCUT2D eigenvalue weighted by Gasteiger charge is -2.30. The Morgan fingerprint density at radius 3 is 2.29 bits per heavy atom. The average Bonchev–Trinajstić information content (AvgIpc) is 2.70. The molecule has 0 spiro atoms. The molecule has 0 aromatic rings. The summed E-state index contributed by atoms with van der Waals surface area (Å²) in [6.07, 6.45) is -0.323. The van der Waals surface area contributed by atoms with Gasteiger partial charge in [-0.3, -0.25) is 0 Å². The first-order valence-electron chi connectivity index (χ1n) is 6.75. The van der Waals surface area contributed by atoms with Crippen LogP contribution in [0.25, 0.3) is 0 Å². The number of hydrogen-bond acceptors (Lipinski definition) is 5. The number of carboxylic acid groups (broad SMARTS) is 1. The monoisotopic (exact) mass is 297 g/mol. The van der Waals surface area contributed by atoms with Crippen LogP contribution in [-0.2, 0) is 19.1 Å². The molecule has 1 N–H and O–H groups in total. The molecule has 1 aliphatic heterocycles. The van der Waals surface area contributed by atoms with E-state index in [1.165, 1.54) is 4.90 Å². The molecule has 0 bridgehead atoms. The van der Waals surface area contributed by atoms with Crippen molar-refractivity contribution in [3.05, 3.63) is 24.6 Å². The van der Waals surface area contributed by atoms with Gasteiger partial charge in [0.05, 0.1) is 6.54 Å². The largest absolute Gasteiger partial charge is 0.480 e. The lowest BCUT2D eigenvalue weighted by atomic mass is 10.2. The molecule has 6 heteroatoms. The topological polar surface area (TPSA) is 76.1 Å². The van der Waals surface area contributed by atoms with Crippen molar-refractivity contribution in [1.29, 1.82) is 0 Å². The van der Waals surface area contributed by atoms with E-state index in [1.807, 2.05) is 20.8 Å². The van der Waals surface area contributed by atoms with Crippen molar-refractivity contribution in [3.63, 3.8) is 0 Å². The summed E-state index contributed by atoms with van der Waals surface area (Å²) >= 11 is 0. The quantitative estimate of drug-likeness (QED) is 0.474. The molecule has 0 amide bonds. The van der Waals surface area contributed by atoms with Gasteiger partial charge in [-0.05, 0) is 34.3 Å². The Kier molecular flexibility index (Phi) is 5.04. The minimum atomic E-state index is -0.998. The van der Waals surface area contributed by atoms with Crippen LogP contribution in [0.5, 0.6) is 0 Å². The second kappa shape index (κ2) is 6.20. The Bertz CT molecular complexity index is 463. The van der Waals surface area contributed by atoms with E-state index in [0.29, 0.717) is 0 Å². The van der Waals surface area contributed by atoms with E-state index in [-0.39, 0.29) is 24.4 Å². The molecule has 2 atom stereocenters. The van der Waals surface area contributed by atoms with Crippen LogP contribution in [0.15, 0.2) is 24.6 Å². The van der Waals surface area contributed by atoms with E-state index >= 15 is 0 Å². The molecule has 118 valence electrons. The van der Waals surface area contributed by atoms with Gasteiger partial charge in [-0.1, -0.05) is 6.58 Å². The summed E-state index contributed by atoms with van der Waals surface area (Å²) in [6, 6.07) is -0.817. The summed E-state index contributed by atoms with van der Waals surface area (Å²) in [5, 5.41) is 9.30. The molecule has 21 heavy (non-hydrogen) atoms. The van der Waals surface area contributed by atoms with E-state index in [9.17, 15) is 14.7 Å². The number of esters is 1. The number of carbonyl (C=O) groups is 2. The highest BCUT2D eigenvalue weighted by molar-refractivity contribution is 5.87. The fourth-order valence-corrected chi connectivity index (χ4v) is 2.06. The van der Waals surface area contributed by atoms with Gasteiger partial charge in [0.2, 0.25) is 0 Å². The van der Waals surface area contributed by atoms with Crippen molar-refractivity contribution in [2.75, 3.05) is 6.54 Å². The molecule has 1 rings (SSSR count). The van der Waals surface area contributed by atoms with Crippen LogP contribution in [0, 0.1) is 0 Å². The summed E-state index contributed by atoms with van der Waals surface area (Å²) in [5.41, 5.74) is -0.197. The second-order valence-electron chi connectivity index (χ2n) is 6.16. The summed E-state index contributed by atoms with van der Waals surface area (Å²) < 4.78 is 10.8.